The Balaban J connectivity index is 1.56. The summed E-state index contributed by atoms with van der Waals surface area (Å²) >= 11 is 1.17. The van der Waals surface area contributed by atoms with Gasteiger partial charge in [0.15, 0.2) is 11.0 Å². The molecule has 178 valence electrons. The molecule has 0 aliphatic rings. The number of carbonyl (C=O) groups excluding carboxylic acids is 2. The first-order valence-electron chi connectivity index (χ1n) is 11.0. The molecule has 1 heterocycles. The summed E-state index contributed by atoms with van der Waals surface area (Å²) in [6.07, 6.45) is 0. The van der Waals surface area contributed by atoms with Crippen molar-refractivity contribution in [1.82, 2.24) is 20.1 Å². The van der Waals surface area contributed by atoms with E-state index in [0.29, 0.717) is 27.8 Å². The Morgan fingerprint density at radius 3 is 2.37 bits per heavy atom. The molecular formula is C26H24FN5O2S. The zero-order valence-corrected chi connectivity index (χ0v) is 20.1. The summed E-state index contributed by atoms with van der Waals surface area (Å²) in [4.78, 5) is 25.3. The highest BCUT2D eigenvalue weighted by atomic mass is 32.2. The maximum atomic E-state index is 14.5. The lowest BCUT2D eigenvalue weighted by atomic mass is 10.1. The molecule has 2 amide bonds. The van der Waals surface area contributed by atoms with Crippen molar-refractivity contribution in [3.8, 4) is 17.1 Å². The van der Waals surface area contributed by atoms with Crippen molar-refractivity contribution in [3.63, 3.8) is 0 Å². The summed E-state index contributed by atoms with van der Waals surface area (Å²) in [7, 11) is 0. The Hall–Kier alpha value is -3.98. The Morgan fingerprint density at radius 1 is 0.943 bits per heavy atom. The van der Waals surface area contributed by atoms with Gasteiger partial charge in [0.1, 0.15) is 5.82 Å². The molecule has 3 aromatic carbocycles. The molecule has 0 spiro atoms. The minimum Gasteiger partial charge on any atom is -0.350 e. The van der Waals surface area contributed by atoms with Crippen LogP contribution in [0.3, 0.4) is 0 Å². The fourth-order valence-corrected chi connectivity index (χ4v) is 4.19. The average molecular weight is 490 g/mol. The van der Waals surface area contributed by atoms with Crippen molar-refractivity contribution in [2.24, 2.45) is 0 Å². The summed E-state index contributed by atoms with van der Waals surface area (Å²) in [6, 6.07) is 22.5. The van der Waals surface area contributed by atoms with Gasteiger partial charge in [0, 0.05) is 11.7 Å². The van der Waals surface area contributed by atoms with Gasteiger partial charge in [-0.1, -0.05) is 54.2 Å². The van der Waals surface area contributed by atoms with Crippen LogP contribution in [0, 0.1) is 5.82 Å². The monoisotopic (exact) mass is 489 g/mol. The number of amides is 2. The Morgan fingerprint density at radius 2 is 1.63 bits per heavy atom. The van der Waals surface area contributed by atoms with E-state index in [1.54, 1.807) is 47.0 Å². The maximum absolute atomic E-state index is 14.5. The molecule has 0 saturated heterocycles. The molecule has 9 heteroatoms. The second kappa shape index (κ2) is 11.0. The van der Waals surface area contributed by atoms with E-state index in [4.69, 9.17) is 0 Å². The number of halogens is 1. The minimum atomic E-state index is -0.414. The van der Waals surface area contributed by atoms with Gasteiger partial charge >= 0.3 is 0 Å². The molecule has 4 aromatic rings. The van der Waals surface area contributed by atoms with Gasteiger partial charge in [-0.2, -0.15) is 0 Å². The van der Waals surface area contributed by atoms with Crippen LogP contribution < -0.4 is 10.6 Å². The smallest absolute Gasteiger partial charge is 0.253 e. The van der Waals surface area contributed by atoms with Gasteiger partial charge in [0.25, 0.3) is 5.91 Å². The van der Waals surface area contributed by atoms with E-state index >= 15 is 0 Å². The van der Waals surface area contributed by atoms with Crippen LogP contribution in [0.4, 0.5) is 10.1 Å². The fourth-order valence-electron chi connectivity index (χ4n) is 3.44. The molecule has 0 aliphatic heterocycles. The topological polar surface area (TPSA) is 88.9 Å². The predicted octanol–water partition coefficient (Wildman–Crippen LogP) is 4.94. The lowest BCUT2D eigenvalue weighted by Gasteiger charge is -2.13. The van der Waals surface area contributed by atoms with Crippen molar-refractivity contribution in [3.05, 3.63) is 90.2 Å². The number of aromatic nitrogens is 3. The summed E-state index contributed by atoms with van der Waals surface area (Å²) in [5, 5.41) is 14.5. The number of para-hydroxylation sites is 2. The molecular weight excluding hydrogens is 465 g/mol. The van der Waals surface area contributed by atoms with Crippen LogP contribution in [-0.2, 0) is 4.79 Å². The normalized spacial score (nSPS) is 10.9. The Bertz CT molecular complexity index is 1340. The Kier molecular flexibility index (Phi) is 7.57. The predicted molar refractivity (Wildman–Crippen MR) is 135 cm³/mol. The van der Waals surface area contributed by atoms with Crippen LogP contribution in [-0.4, -0.2) is 38.4 Å². The minimum absolute atomic E-state index is 0.0162. The molecule has 2 N–H and O–H groups in total. The largest absolute Gasteiger partial charge is 0.350 e. The van der Waals surface area contributed by atoms with Gasteiger partial charge in [-0.15, -0.1) is 10.2 Å². The SMILES string of the molecule is CC(C)NC(=O)c1ccccc1NC(=O)CSc1nnc(-c2ccccc2F)n1-c1ccccc1. The molecule has 35 heavy (non-hydrogen) atoms. The van der Waals surface area contributed by atoms with E-state index < -0.39 is 5.82 Å². The first-order valence-corrected chi connectivity index (χ1v) is 12.0. The number of carbonyl (C=O) groups is 2. The maximum Gasteiger partial charge on any atom is 0.253 e. The number of thioether (sulfide) groups is 1. The molecule has 1 aromatic heterocycles. The second-order valence-corrected chi connectivity index (χ2v) is 8.91. The lowest BCUT2D eigenvalue weighted by Crippen LogP contribution is -2.31. The number of hydrogen-bond acceptors (Lipinski definition) is 5. The first-order chi connectivity index (χ1) is 16.9. The van der Waals surface area contributed by atoms with Crippen LogP contribution in [0.5, 0.6) is 0 Å². The van der Waals surface area contributed by atoms with E-state index in [9.17, 15) is 14.0 Å². The van der Waals surface area contributed by atoms with Gasteiger partial charge in [-0.3, -0.25) is 14.2 Å². The second-order valence-electron chi connectivity index (χ2n) is 7.97. The number of nitrogens with one attached hydrogen (secondary N) is 2. The number of rotatable bonds is 8. The van der Waals surface area contributed by atoms with Crippen molar-refractivity contribution in [2.75, 3.05) is 11.1 Å². The van der Waals surface area contributed by atoms with Gasteiger partial charge in [-0.25, -0.2) is 4.39 Å². The molecule has 0 bridgehead atoms. The third-order valence-electron chi connectivity index (χ3n) is 4.96. The highest BCUT2D eigenvalue weighted by Gasteiger charge is 2.20. The standard InChI is InChI=1S/C26H24FN5O2S/c1-17(2)28-25(34)20-13-7-9-15-22(20)29-23(33)16-35-26-31-30-24(19-12-6-8-14-21(19)27)32(26)18-10-4-3-5-11-18/h3-15,17H,16H2,1-2H3,(H,28,34)(H,29,33). The third kappa shape index (κ3) is 5.75. The van der Waals surface area contributed by atoms with Crippen molar-refractivity contribution in [1.29, 1.82) is 0 Å². The summed E-state index contributed by atoms with van der Waals surface area (Å²) in [5.41, 5.74) is 1.86. The Labute approximate surface area is 206 Å². The van der Waals surface area contributed by atoms with Gasteiger partial charge in [-0.05, 0) is 50.2 Å². The zero-order valence-electron chi connectivity index (χ0n) is 19.2. The van der Waals surface area contributed by atoms with Crippen LogP contribution in [0.15, 0.2) is 84.0 Å². The quantitative estimate of drug-likeness (QED) is 0.342. The van der Waals surface area contributed by atoms with E-state index in [1.165, 1.54) is 17.8 Å². The lowest BCUT2D eigenvalue weighted by molar-refractivity contribution is -0.113. The summed E-state index contributed by atoms with van der Waals surface area (Å²) in [6.45, 7) is 3.74. The summed E-state index contributed by atoms with van der Waals surface area (Å²) in [5.74, 6) is -0.630. The van der Waals surface area contributed by atoms with Crippen LogP contribution >= 0.6 is 11.8 Å². The highest BCUT2D eigenvalue weighted by Crippen LogP contribution is 2.29. The van der Waals surface area contributed by atoms with Gasteiger partial charge in [0.2, 0.25) is 5.91 Å². The van der Waals surface area contributed by atoms with Crippen molar-refractivity contribution in [2.45, 2.75) is 25.0 Å². The van der Waals surface area contributed by atoms with Crippen molar-refractivity contribution >= 4 is 29.3 Å². The molecule has 0 atom stereocenters. The number of benzene rings is 3. The van der Waals surface area contributed by atoms with Crippen LogP contribution in [0.25, 0.3) is 17.1 Å². The molecule has 4 rings (SSSR count). The first kappa shape index (κ1) is 24.2. The number of hydrogen-bond donors (Lipinski definition) is 2. The van der Waals surface area contributed by atoms with Gasteiger partial charge in [0.05, 0.1) is 22.6 Å². The van der Waals surface area contributed by atoms with Crippen LogP contribution in [0.2, 0.25) is 0 Å². The zero-order chi connectivity index (χ0) is 24.8. The molecule has 0 radical (unpaired) electrons. The van der Waals surface area contributed by atoms with E-state index in [-0.39, 0.29) is 23.6 Å². The summed E-state index contributed by atoms with van der Waals surface area (Å²) < 4.78 is 16.3. The average Bonchev–Trinajstić information content (AvgIpc) is 3.27. The van der Waals surface area contributed by atoms with Crippen molar-refractivity contribution < 1.29 is 14.0 Å². The van der Waals surface area contributed by atoms with Gasteiger partial charge < -0.3 is 10.6 Å². The van der Waals surface area contributed by atoms with E-state index in [1.807, 2.05) is 44.2 Å². The molecule has 0 saturated carbocycles. The highest BCUT2D eigenvalue weighted by molar-refractivity contribution is 7.99. The fraction of sp³-hybridized carbons (Fsp3) is 0.154. The molecule has 0 unspecified atom stereocenters. The molecule has 7 nitrogen and oxygen atoms in total. The van der Waals surface area contributed by atoms with Crippen LogP contribution in [0.1, 0.15) is 24.2 Å². The van der Waals surface area contributed by atoms with E-state index in [0.717, 1.165) is 5.69 Å². The molecule has 0 aliphatic carbocycles. The number of anilines is 1. The van der Waals surface area contributed by atoms with E-state index in [2.05, 4.69) is 20.8 Å². The molecule has 0 fully saturated rings. The third-order valence-corrected chi connectivity index (χ3v) is 5.89. The number of nitrogens with zero attached hydrogens (tertiary/aromatic N) is 3.